The highest BCUT2D eigenvalue weighted by atomic mass is 16.6. The molecule has 0 atom stereocenters. The van der Waals surface area contributed by atoms with Gasteiger partial charge >= 0.3 is 6.09 Å². The summed E-state index contributed by atoms with van der Waals surface area (Å²) in [5, 5.41) is 7.51. The van der Waals surface area contributed by atoms with Gasteiger partial charge in [-0.05, 0) is 52.8 Å². The number of aromatic nitrogens is 4. The Morgan fingerprint density at radius 2 is 1.78 bits per heavy atom. The Labute approximate surface area is 186 Å². The monoisotopic (exact) mass is 436 g/mol. The molecular formula is C23H28N6O3. The Morgan fingerprint density at radius 3 is 2.47 bits per heavy atom. The number of carbonyl (C=O) groups excluding carboxylic acids is 2. The van der Waals surface area contributed by atoms with Crippen LogP contribution in [0.3, 0.4) is 0 Å². The van der Waals surface area contributed by atoms with Gasteiger partial charge in [-0.1, -0.05) is 0 Å². The van der Waals surface area contributed by atoms with Crippen LogP contribution in [0.1, 0.15) is 53.8 Å². The summed E-state index contributed by atoms with van der Waals surface area (Å²) in [5.41, 5.74) is 4.72. The summed E-state index contributed by atoms with van der Waals surface area (Å²) >= 11 is 0. The van der Waals surface area contributed by atoms with Gasteiger partial charge in [0.1, 0.15) is 11.4 Å². The lowest BCUT2D eigenvalue weighted by molar-refractivity contribution is 0.0224. The molecule has 1 aromatic carbocycles. The Bertz CT molecular complexity index is 1220. The summed E-state index contributed by atoms with van der Waals surface area (Å²) < 4.78 is 7.16. The van der Waals surface area contributed by atoms with Gasteiger partial charge in [0.2, 0.25) is 0 Å². The number of rotatable bonds is 2. The van der Waals surface area contributed by atoms with E-state index >= 15 is 0 Å². The molecule has 2 amide bonds. The smallest absolute Gasteiger partial charge is 0.410 e. The number of amides is 2. The first-order valence-corrected chi connectivity index (χ1v) is 10.6. The van der Waals surface area contributed by atoms with Crippen molar-refractivity contribution in [2.24, 2.45) is 7.05 Å². The Balaban J connectivity index is 1.58. The summed E-state index contributed by atoms with van der Waals surface area (Å²) in [4.78, 5) is 36.3. The largest absolute Gasteiger partial charge is 0.444 e. The minimum Gasteiger partial charge on any atom is -0.444 e. The summed E-state index contributed by atoms with van der Waals surface area (Å²) in [6, 6.07) is 5.27. The van der Waals surface area contributed by atoms with Crippen molar-refractivity contribution in [1.29, 1.82) is 0 Å². The summed E-state index contributed by atoms with van der Waals surface area (Å²) in [6.45, 7) is 10.2. The van der Waals surface area contributed by atoms with E-state index in [2.05, 4.69) is 20.4 Å². The number of aryl methyl sites for hydroxylation is 3. The highest BCUT2D eigenvalue weighted by Crippen LogP contribution is 2.27. The van der Waals surface area contributed by atoms with E-state index in [1.807, 2.05) is 34.6 Å². The molecule has 0 unspecified atom stereocenters. The van der Waals surface area contributed by atoms with Crippen LogP contribution in [-0.4, -0.2) is 48.8 Å². The van der Waals surface area contributed by atoms with Gasteiger partial charge in [0, 0.05) is 31.1 Å². The zero-order valence-electron chi connectivity index (χ0n) is 19.3. The molecule has 1 N–H and O–H groups in total. The first-order valence-electron chi connectivity index (χ1n) is 10.6. The van der Waals surface area contributed by atoms with Crippen LogP contribution in [0.15, 0.2) is 18.2 Å². The van der Waals surface area contributed by atoms with Crippen LogP contribution in [0.5, 0.6) is 0 Å². The number of ether oxygens (including phenoxy) is 1. The molecule has 9 nitrogen and oxygen atoms in total. The van der Waals surface area contributed by atoms with Crippen LogP contribution in [0.2, 0.25) is 0 Å². The van der Waals surface area contributed by atoms with Crippen LogP contribution < -0.4 is 5.32 Å². The molecule has 2 aromatic heterocycles. The molecule has 0 aliphatic carbocycles. The number of benzene rings is 1. The Kier molecular flexibility index (Phi) is 5.36. The predicted molar refractivity (Wildman–Crippen MR) is 121 cm³/mol. The van der Waals surface area contributed by atoms with Gasteiger partial charge in [-0.15, -0.1) is 0 Å². The summed E-state index contributed by atoms with van der Waals surface area (Å²) in [6.07, 6.45) is 0.228. The molecule has 1 aliphatic heterocycles. The molecule has 0 saturated carbocycles. The number of carbonyl (C=O) groups is 2. The molecule has 0 bridgehead atoms. The molecule has 32 heavy (non-hydrogen) atoms. The lowest BCUT2D eigenvalue weighted by Gasteiger charge is -2.29. The van der Waals surface area contributed by atoms with Crippen LogP contribution in [0.25, 0.3) is 11.0 Å². The number of nitrogens with one attached hydrogen (secondary N) is 1. The summed E-state index contributed by atoms with van der Waals surface area (Å²) in [5.74, 6) is 0.302. The average molecular weight is 437 g/mol. The minimum absolute atomic E-state index is 0.271. The van der Waals surface area contributed by atoms with Crippen molar-refractivity contribution in [1.82, 2.24) is 24.6 Å². The molecule has 3 heterocycles. The molecule has 0 fully saturated rings. The maximum absolute atomic E-state index is 13.0. The SMILES string of the molecule is Cc1nc2ccc(C(=O)Nc3c4c(nn3C)CCN(C(=O)OC(C)(C)C)C4)cc2nc1C. The van der Waals surface area contributed by atoms with E-state index < -0.39 is 5.60 Å². The molecular weight excluding hydrogens is 408 g/mol. The van der Waals surface area contributed by atoms with Gasteiger partial charge in [0.25, 0.3) is 5.91 Å². The molecule has 4 rings (SSSR count). The lowest BCUT2D eigenvalue weighted by atomic mass is 10.1. The van der Waals surface area contributed by atoms with Crippen LogP contribution in [0, 0.1) is 13.8 Å². The first kappa shape index (κ1) is 21.7. The van der Waals surface area contributed by atoms with Crippen molar-refractivity contribution in [3.63, 3.8) is 0 Å². The van der Waals surface area contributed by atoms with Crippen LogP contribution in [0.4, 0.5) is 10.6 Å². The van der Waals surface area contributed by atoms with E-state index in [1.165, 1.54) is 0 Å². The van der Waals surface area contributed by atoms with E-state index in [9.17, 15) is 9.59 Å². The summed E-state index contributed by atoms with van der Waals surface area (Å²) in [7, 11) is 1.78. The number of fused-ring (bicyclic) bond motifs is 2. The molecule has 1 aliphatic rings. The normalized spacial score (nSPS) is 13.8. The average Bonchev–Trinajstić information content (AvgIpc) is 3.01. The van der Waals surface area contributed by atoms with Crippen molar-refractivity contribution in [3.8, 4) is 0 Å². The molecule has 0 saturated heterocycles. The number of hydrogen-bond acceptors (Lipinski definition) is 6. The third-order valence-electron chi connectivity index (χ3n) is 5.42. The molecule has 168 valence electrons. The Morgan fingerprint density at radius 1 is 1.09 bits per heavy atom. The fourth-order valence-corrected chi connectivity index (χ4v) is 3.69. The first-order chi connectivity index (χ1) is 15.0. The quantitative estimate of drug-likeness (QED) is 0.659. The van der Waals surface area contributed by atoms with Gasteiger partial charge < -0.3 is 15.0 Å². The maximum atomic E-state index is 13.0. The van der Waals surface area contributed by atoms with Gasteiger partial charge in [0.05, 0.1) is 34.7 Å². The second-order valence-electron chi connectivity index (χ2n) is 9.10. The minimum atomic E-state index is -0.570. The predicted octanol–water partition coefficient (Wildman–Crippen LogP) is 3.53. The lowest BCUT2D eigenvalue weighted by Crippen LogP contribution is -2.40. The number of nitrogens with zero attached hydrogens (tertiary/aromatic N) is 5. The highest BCUT2D eigenvalue weighted by molar-refractivity contribution is 6.05. The molecule has 3 aromatic rings. The zero-order chi connectivity index (χ0) is 23.2. The van der Waals surface area contributed by atoms with Crippen molar-refractivity contribution in [2.45, 2.75) is 53.2 Å². The molecule has 0 spiro atoms. The van der Waals surface area contributed by atoms with Gasteiger partial charge in [-0.25, -0.2) is 14.8 Å². The zero-order valence-corrected chi connectivity index (χ0v) is 19.3. The van der Waals surface area contributed by atoms with E-state index in [0.29, 0.717) is 36.4 Å². The van der Waals surface area contributed by atoms with Gasteiger partial charge in [0.15, 0.2) is 0 Å². The van der Waals surface area contributed by atoms with Crippen molar-refractivity contribution < 1.29 is 14.3 Å². The van der Waals surface area contributed by atoms with Crippen molar-refractivity contribution >= 4 is 28.9 Å². The Hall–Kier alpha value is -3.49. The standard InChI is InChI=1S/C23H28N6O3/c1-13-14(2)25-19-11-15(7-8-18(19)24-13)21(30)26-20-16-12-29(22(31)32-23(3,4)5)10-9-17(16)27-28(20)6/h7-8,11H,9-10,12H2,1-6H3,(H,26,30). The van der Waals surface area contributed by atoms with Gasteiger partial charge in [-0.3, -0.25) is 9.48 Å². The van der Waals surface area contributed by atoms with E-state index in [0.717, 1.165) is 28.2 Å². The van der Waals surface area contributed by atoms with E-state index in [-0.39, 0.29) is 12.0 Å². The fourth-order valence-electron chi connectivity index (χ4n) is 3.69. The molecule has 0 radical (unpaired) electrons. The second kappa shape index (κ2) is 7.89. The third kappa shape index (κ3) is 4.28. The topological polar surface area (TPSA) is 102 Å². The van der Waals surface area contributed by atoms with Crippen LogP contribution in [-0.2, 0) is 24.8 Å². The number of anilines is 1. The van der Waals surface area contributed by atoms with E-state index in [1.54, 1.807) is 34.8 Å². The third-order valence-corrected chi connectivity index (χ3v) is 5.42. The van der Waals surface area contributed by atoms with Crippen molar-refractivity contribution in [2.75, 3.05) is 11.9 Å². The maximum Gasteiger partial charge on any atom is 0.410 e. The number of hydrogen-bond donors (Lipinski definition) is 1. The van der Waals surface area contributed by atoms with Crippen LogP contribution >= 0.6 is 0 Å². The van der Waals surface area contributed by atoms with Gasteiger partial charge in [-0.2, -0.15) is 5.10 Å². The highest BCUT2D eigenvalue weighted by Gasteiger charge is 2.30. The fraction of sp³-hybridized carbons (Fsp3) is 0.435. The van der Waals surface area contributed by atoms with Crippen molar-refractivity contribution in [3.05, 3.63) is 46.4 Å². The van der Waals surface area contributed by atoms with E-state index in [4.69, 9.17) is 4.74 Å². The second-order valence-corrected chi connectivity index (χ2v) is 9.10. The molecule has 9 heteroatoms.